The van der Waals surface area contributed by atoms with E-state index in [1.54, 1.807) is 12.3 Å². The molecule has 0 aromatic carbocycles. The number of H-pyrrole nitrogens is 1. The van der Waals surface area contributed by atoms with Crippen molar-refractivity contribution in [2.45, 2.75) is 13.3 Å². The number of hydrogen-bond acceptors (Lipinski definition) is 5. The van der Waals surface area contributed by atoms with Crippen molar-refractivity contribution in [2.24, 2.45) is 0 Å². The topological polar surface area (TPSA) is 83.8 Å². The number of anilines is 1. The van der Waals surface area contributed by atoms with Crippen LogP contribution in [0.3, 0.4) is 0 Å². The molecule has 1 amide bonds. The smallest absolute Gasteiger partial charge is 0.231 e. The zero-order valence-electron chi connectivity index (χ0n) is 10.7. The fraction of sp³-hybridized carbons (Fsp3) is 0.154. The van der Waals surface area contributed by atoms with Crippen molar-refractivity contribution in [3.8, 4) is 10.8 Å². The van der Waals surface area contributed by atoms with Crippen molar-refractivity contribution in [3.63, 3.8) is 0 Å². The van der Waals surface area contributed by atoms with Gasteiger partial charge in [0.25, 0.3) is 0 Å². The van der Waals surface area contributed by atoms with Crippen LogP contribution in [0.1, 0.15) is 11.5 Å². The summed E-state index contributed by atoms with van der Waals surface area (Å²) >= 11 is 1.46. The van der Waals surface area contributed by atoms with Gasteiger partial charge in [-0.05, 0) is 19.1 Å². The van der Waals surface area contributed by atoms with Gasteiger partial charge < -0.3 is 9.73 Å². The second-order valence-electron chi connectivity index (χ2n) is 4.25. The van der Waals surface area contributed by atoms with Crippen LogP contribution in [0.15, 0.2) is 34.2 Å². The van der Waals surface area contributed by atoms with E-state index in [2.05, 4.69) is 20.5 Å². The highest BCUT2D eigenvalue weighted by molar-refractivity contribution is 7.13. The van der Waals surface area contributed by atoms with E-state index in [1.807, 2.05) is 24.4 Å². The molecular weight excluding hydrogens is 276 g/mol. The quantitative estimate of drug-likeness (QED) is 0.773. The monoisotopic (exact) mass is 288 g/mol. The largest absolute Gasteiger partial charge is 0.459 e. The Morgan fingerprint density at radius 1 is 1.45 bits per heavy atom. The number of carbonyl (C=O) groups excluding carboxylic acids is 1. The number of hydrogen-bond donors (Lipinski definition) is 2. The number of carbonyl (C=O) groups is 1. The third-order valence-corrected chi connectivity index (χ3v) is 3.53. The summed E-state index contributed by atoms with van der Waals surface area (Å²) in [4.78, 5) is 16.2. The molecule has 0 aliphatic rings. The molecule has 0 radical (unpaired) electrons. The van der Waals surface area contributed by atoms with Gasteiger partial charge in [0, 0.05) is 11.4 Å². The van der Waals surface area contributed by atoms with Crippen LogP contribution < -0.4 is 5.32 Å². The Bertz CT molecular complexity index is 714. The molecule has 0 aliphatic carbocycles. The standard InChI is InChI=1S/C13H12N4O2S/c1-8-2-3-10(19-8)13-15-9(7-20-13)6-12(18)16-11-4-5-14-17-11/h2-5,7H,6H2,1H3,(H2,14,16,17,18). The normalized spacial score (nSPS) is 10.7. The van der Waals surface area contributed by atoms with E-state index in [4.69, 9.17) is 4.42 Å². The van der Waals surface area contributed by atoms with Crippen LogP contribution in [0.2, 0.25) is 0 Å². The molecule has 20 heavy (non-hydrogen) atoms. The third-order valence-electron chi connectivity index (χ3n) is 2.62. The summed E-state index contributed by atoms with van der Waals surface area (Å²) in [6.07, 6.45) is 1.80. The van der Waals surface area contributed by atoms with Crippen LogP contribution in [0, 0.1) is 6.92 Å². The van der Waals surface area contributed by atoms with Crippen molar-refractivity contribution in [1.29, 1.82) is 0 Å². The summed E-state index contributed by atoms with van der Waals surface area (Å²) in [5.74, 6) is 2.01. The molecule has 0 saturated heterocycles. The third kappa shape index (κ3) is 2.77. The van der Waals surface area contributed by atoms with Crippen molar-refractivity contribution in [2.75, 3.05) is 5.32 Å². The number of furan rings is 1. The summed E-state index contributed by atoms with van der Waals surface area (Å²) in [7, 11) is 0. The van der Waals surface area contributed by atoms with E-state index >= 15 is 0 Å². The lowest BCUT2D eigenvalue weighted by Crippen LogP contribution is -2.14. The van der Waals surface area contributed by atoms with Gasteiger partial charge in [-0.1, -0.05) is 0 Å². The maximum absolute atomic E-state index is 11.8. The Morgan fingerprint density at radius 2 is 2.35 bits per heavy atom. The minimum Gasteiger partial charge on any atom is -0.459 e. The Kier molecular flexibility index (Phi) is 3.34. The summed E-state index contributed by atoms with van der Waals surface area (Å²) in [5, 5.41) is 11.8. The predicted octanol–water partition coefficient (Wildman–Crippen LogP) is 2.62. The van der Waals surface area contributed by atoms with Gasteiger partial charge in [-0.2, -0.15) is 5.10 Å². The molecule has 3 heterocycles. The summed E-state index contributed by atoms with van der Waals surface area (Å²) < 4.78 is 5.51. The molecule has 0 unspecified atom stereocenters. The lowest BCUT2D eigenvalue weighted by molar-refractivity contribution is -0.115. The van der Waals surface area contributed by atoms with Gasteiger partial charge in [0.05, 0.1) is 18.3 Å². The first-order chi connectivity index (χ1) is 9.70. The van der Waals surface area contributed by atoms with Crippen LogP contribution in [-0.4, -0.2) is 21.1 Å². The molecule has 3 rings (SSSR count). The number of aromatic amines is 1. The van der Waals surface area contributed by atoms with Crippen LogP contribution in [0.4, 0.5) is 5.82 Å². The fourth-order valence-electron chi connectivity index (χ4n) is 1.74. The number of nitrogens with zero attached hydrogens (tertiary/aromatic N) is 2. The van der Waals surface area contributed by atoms with Gasteiger partial charge in [0.15, 0.2) is 10.8 Å². The SMILES string of the molecule is Cc1ccc(-c2nc(CC(=O)Nc3ccn[nH]3)cs2)o1. The lowest BCUT2D eigenvalue weighted by atomic mass is 10.3. The average Bonchev–Trinajstić information content (AvgIpc) is 3.10. The molecule has 3 aromatic heterocycles. The van der Waals surface area contributed by atoms with E-state index in [0.29, 0.717) is 5.82 Å². The maximum Gasteiger partial charge on any atom is 0.231 e. The molecule has 0 atom stereocenters. The van der Waals surface area contributed by atoms with E-state index in [0.717, 1.165) is 22.2 Å². The first kappa shape index (κ1) is 12.6. The molecular formula is C13H12N4O2S. The maximum atomic E-state index is 11.8. The van der Waals surface area contributed by atoms with Gasteiger partial charge in [0.2, 0.25) is 5.91 Å². The Balaban J connectivity index is 1.66. The van der Waals surface area contributed by atoms with E-state index in [9.17, 15) is 4.79 Å². The molecule has 0 fully saturated rings. The summed E-state index contributed by atoms with van der Waals surface area (Å²) in [5.41, 5.74) is 0.719. The zero-order chi connectivity index (χ0) is 13.9. The van der Waals surface area contributed by atoms with Gasteiger partial charge in [-0.25, -0.2) is 4.98 Å². The first-order valence-electron chi connectivity index (χ1n) is 6.01. The fourth-order valence-corrected chi connectivity index (χ4v) is 2.51. The van der Waals surface area contributed by atoms with E-state index in [-0.39, 0.29) is 12.3 Å². The summed E-state index contributed by atoms with van der Waals surface area (Å²) in [6, 6.07) is 5.46. The predicted molar refractivity (Wildman–Crippen MR) is 75.5 cm³/mol. The van der Waals surface area contributed by atoms with Crippen LogP contribution in [0.5, 0.6) is 0 Å². The Morgan fingerprint density at radius 3 is 3.05 bits per heavy atom. The molecule has 6 nitrogen and oxygen atoms in total. The second-order valence-corrected chi connectivity index (χ2v) is 5.11. The Hall–Kier alpha value is -2.41. The van der Waals surface area contributed by atoms with Gasteiger partial charge in [0.1, 0.15) is 11.6 Å². The van der Waals surface area contributed by atoms with Crippen LogP contribution in [0.25, 0.3) is 10.8 Å². The van der Waals surface area contributed by atoms with E-state index in [1.165, 1.54) is 11.3 Å². The zero-order valence-corrected chi connectivity index (χ0v) is 11.5. The summed E-state index contributed by atoms with van der Waals surface area (Å²) in [6.45, 7) is 1.88. The van der Waals surface area contributed by atoms with Gasteiger partial charge in [-0.15, -0.1) is 11.3 Å². The van der Waals surface area contributed by atoms with Crippen molar-refractivity contribution < 1.29 is 9.21 Å². The second kappa shape index (κ2) is 5.30. The highest BCUT2D eigenvalue weighted by Crippen LogP contribution is 2.25. The number of aryl methyl sites for hydroxylation is 1. The first-order valence-corrected chi connectivity index (χ1v) is 6.89. The van der Waals surface area contributed by atoms with Crippen LogP contribution in [-0.2, 0) is 11.2 Å². The molecule has 2 N–H and O–H groups in total. The number of thiazole rings is 1. The van der Waals surface area contributed by atoms with Crippen LogP contribution >= 0.6 is 11.3 Å². The molecule has 0 spiro atoms. The minimum absolute atomic E-state index is 0.137. The highest BCUT2D eigenvalue weighted by Gasteiger charge is 2.11. The van der Waals surface area contributed by atoms with Crippen molar-refractivity contribution in [1.82, 2.24) is 15.2 Å². The number of amides is 1. The average molecular weight is 288 g/mol. The highest BCUT2D eigenvalue weighted by atomic mass is 32.1. The van der Waals surface area contributed by atoms with Gasteiger partial charge in [-0.3, -0.25) is 9.89 Å². The molecule has 0 bridgehead atoms. The molecule has 0 aliphatic heterocycles. The minimum atomic E-state index is -0.137. The van der Waals surface area contributed by atoms with Gasteiger partial charge >= 0.3 is 0 Å². The Labute approximate surface area is 118 Å². The molecule has 0 saturated carbocycles. The molecule has 7 heteroatoms. The number of rotatable bonds is 4. The molecule has 3 aromatic rings. The lowest BCUT2D eigenvalue weighted by Gasteiger charge is -1.99. The number of aromatic nitrogens is 3. The van der Waals surface area contributed by atoms with E-state index < -0.39 is 0 Å². The molecule has 102 valence electrons. The number of nitrogens with one attached hydrogen (secondary N) is 2. The van der Waals surface area contributed by atoms with Crippen molar-refractivity contribution in [3.05, 3.63) is 41.2 Å². The van der Waals surface area contributed by atoms with Crippen molar-refractivity contribution >= 4 is 23.1 Å².